The lowest BCUT2D eigenvalue weighted by Gasteiger charge is -2.19. The van der Waals surface area contributed by atoms with Crippen LogP contribution in [0.15, 0.2) is 42.5 Å². The van der Waals surface area contributed by atoms with E-state index in [4.69, 9.17) is 9.47 Å². The van der Waals surface area contributed by atoms with E-state index in [9.17, 15) is 9.59 Å². The molecule has 0 radical (unpaired) electrons. The highest BCUT2D eigenvalue weighted by Crippen LogP contribution is 2.33. The monoisotopic (exact) mass is 397 g/mol. The molecule has 0 aliphatic carbocycles. The van der Waals surface area contributed by atoms with Gasteiger partial charge >= 0.3 is 6.03 Å². The minimum Gasteiger partial charge on any atom is -0.493 e. The van der Waals surface area contributed by atoms with Gasteiger partial charge in [-0.15, -0.1) is 0 Å². The molecule has 0 spiro atoms. The average molecular weight is 397 g/mol. The lowest BCUT2D eigenvalue weighted by atomic mass is 10.0. The standard InChI is InChI=1S/C22H27N3O4/c1-14(2)15-5-7-16(8-6-15)23-22(27)24-17-11-21(26)25(13-17)18-9-10-19(28-3)20(12-18)29-4/h5-10,12,14,17H,11,13H2,1-4H3,(H2,23,24,27)/t17-/m0/s1. The van der Waals surface area contributed by atoms with Crippen molar-refractivity contribution in [2.45, 2.75) is 32.2 Å². The highest BCUT2D eigenvalue weighted by atomic mass is 16.5. The van der Waals surface area contributed by atoms with E-state index >= 15 is 0 Å². The average Bonchev–Trinajstić information content (AvgIpc) is 3.07. The molecule has 1 fully saturated rings. The molecule has 1 atom stereocenters. The fourth-order valence-corrected chi connectivity index (χ4v) is 3.35. The second-order valence-electron chi connectivity index (χ2n) is 7.32. The van der Waals surface area contributed by atoms with Gasteiger partial charge < -0.3 is 25.0 Å². The quantitative estimate of drug-likeness (QED) is 0.778. The summed E-state index contributed by atoms with van der Waals surface area (Å²) in [6.07, 6.45) is 0.244. The number of nitrogens with zero attached hydrogens (tertiary/aromatic N) is 1. The van der Waals surface area contributed by atoms with Crippen molar-refractivity contribution in [3.63, 3.8) is 0 Å². The lowest BCUT2D eigenvalue weighted by molar-refractivity contribution is -0.117. The predicted molar refractivity (Wildman–Crippen MR) is 113 cm³/mol. The summed E-state index contributed by atoms with van der Waals surface area (Å²) < 4.78 is 10.5. The van der Waals surface area contributed by atoms with Gasteiger partial charge in [-0.1, -0.05) is 26.0 Å². The third-order valence-electron chi connectivity index (χ3n) is 4.97. The molecule has 0 unspecified atom stereocenters. The zero-order valence-electron chi connectivity index (χ0n) is 17.2. The largest absolute Gasteiger partial charge is 0.493 e. The first-order chi connectivity index (χ1) is 13.9. The zero-order chi connectivity index (χ0) is 21.0. The maximum atomic E-state index is 12.5. The van der Waals surface area contributed by atoms with Gasteiger partial charge in [0.25, 0.3) is 0 Å². The molecule has 2 N–H and O–H groups in total. The molecule has 1 saturated heterocycles. The van der Waals surface area contributed by atoms with Gasteiger partial charge in [-0.2, -0.15) is 0 Å². The normalized spacial score (nSPS) is 16.1. The van der Waals surface area contributed by atoms with Gasteiger partial charge in [-0.05, 0) is 35.7 Å². The minimum absolute atomic E-state index is 0.0520. The van der Waals surface area contributed by atoms with Crippen LogP contribution in [0.3, 0.4) is 0 Å². The van der Waals surface area contributed by atoms with Crippen molar-refractivity contribution in [3.05, 3.63) is 48.0 Å². The Morgan fingerprint density at radius 2 is 1.76 bits per heavy atom. The topological polar surface area (TPSA) is 79.9 Å². The molecule has 0 saturated carbocycles. The number of hydrogen-bond acceptors (Lipinski definition) is 4. The number of nitrogens with one attached hydrogen (secondary N) is 2. The molecule has 3 amide bonds. The highest BCUT2D eigenvalue weighted by Gasteiger charge is 2.32. The number of benzene rings is 2. The van der Waals surface area contributed by atoms with E-state index in [0.29, 0.717) is 35.3 Å². The van der Waals surface area contributed by atoms with Gasteiger partial charge in [0.15, 0.2) is 11.5 Å². The van der Waals surface area contributed by atoms with E-state index in [1.54, 1.807) is 37.3 Å². The number of rotatable bonds is 6. The first kappa shape index (κ1) is 20.5. The molecule has 0 bridgehead atoms. The molecule has 154 valence electrons. The first-order valence-corrected chi connectivity index (χ1v) is 9.61. The number of carbonyl (C=O) groups is 2. The van der Waals surface area contributed by atoms with Crippen LogP contribution in [0.5, 0.6) is 11.5 Å². The van der Waals surface area contributed by atoms with Gasteiger partial charge in [-0.25, -0.2) is 4.79 Å². The summed E-state index contributed by atoms with van der Waals surface area (Å²) in [5.41, 5.74) is 2.64. The number of anilines is 2. The Bertz CT molecular complexity index is 880. The van der Waals surface area contributed by atoms with Crippen LogP contribution in [0, 0.1) is 0 Å². The maximum absolute atomic E-state index is 12.5. The number of carbonyl (C=O) groups excluding carboxylic acids is 2. The molecule has 2 aromatic carbocycles. The van der Waals surface area contributed by atoms with Crippen molar-refractivity contribution < 1.29 is 19.1 Å². The Balaban J connectivity index is 1.60. The first-order valence-electron chi connectivity index (χ1n) is 9.61. The molecule has 29 heavy (non-hydrogen) atoms. The number of methoxy groups -OCH3 is 2. The lowest BCUT2D eigenvalue weighted by Crippen LogP contribution is -2.39. The molecule has 2 aromatic rings. The summed E-state index contributed by atoms with van der Waals surface area (Å²) >= 11 is 0. The third-order valence-corrected chi connectivity index (χ3v) is 4.97. The van der Waals surface area contributed by atoms with E-state index in [2.05, 4.69) is 24.5 Å². The summed E-state index contributed by atoms with van der Waals surface area (Å²) in [6, 6.07) is 12.5. The molecule has 7 nitrogen and oxygen atoms in total. The van der Waals surface area contributed by atoms with Crippen molar-refractivity contribution in [1.29, 1.82) is 0 Å². The SMILES string of the molecule is COc1ccc(N2C[C@@H](NC(=O)Nc3ccc(C(C)C)cc3)CC2=O)cc1OC. The van der Waals surface area contributed by atoms with Crippen LogP contribution in [-0.2, 0) is 4.79 Å². The zero-order valence-corrected chi connectivity index (χ0v) is 17.2. The maximum Gasteiger partial charge on any atom is 0.319 e. The van der Waals surface area contributed by atoms with Crippen molar-refractivity contribution in [1.82, 2.24) is 5.32 Å². The van der Waals surface area contributed by atoms with Crippen LogP contribution in [0.25, 0.3) is 0 Å². The Morgan fingerprint density at radius 1 is 1.07 bits per heavy atom. The van der Waals surface area contributed by atoms with Crippen molar-refractivity contribution in [2.75, 3.05) is 31.0 Å². The number of amides is 3. The van der Waals surface area contributed by atoms with E-state index < -0.39 is 0 Å². The predicted octanol–water partition coefficient (Wildman–Crippen LogP) is 3.75. The second-order valence-corrected chi connectivity index (χ2v) is 7.32. The molecular formula is C22H27N3O4. The summed E-state index contributed by atoms with van der Waals surface area (Å²) in [5.74, 6) is 1.53. The summed E-state index contributed by atoms with van der Waals surface area (Å²) in [5, 5.41) is 5.70. The molecule has 3 rings (SSSR count). The molecular weight excluding hydrogens is 370 g/mol. The summed E-state index contributed by atoms with van der Waals surface area (Å²) in [7, 11) is 3.11. The Labute approximate surface area is 171 Å². The fourth-order valence-electron chi connectivity index (χ4n) is 3.35. The van der Waals surface area contributed by atoms with Crippen molar-refractivity contribution >= 4 is 23.3 Å². The number of hydrogen-bond donors (Lipinski definition) is 2. The van der Waals surface area contributed by atoms with E-state index in [1.807, 2.05) is 24.3 Å². The van der Waals surface area contributed by atoms with Crippen molar-refractivity contribution in [3.8, 4) is 11.5 Å². The number of ether oxygens (including phenoxy) is 2. The summed E-state index contributed by atoms with van der Waals surface area (Å²) in [6.45, 7) is 4.64. The van der Waals surface area contributed by atoms with Crippen LogP contribution < -0.4 is 25.0 Å². The Morgan fingerprint density at radius 3 is 2.38 bits per heavy atom. The van der Waals surface area contributed by atoms with Crippen LogP contribution in [0.2, 0.25) is 0 Å². The third kappa shape index (κ3) is 4.80. The fraction of sp³-hybridized carbons (Fsp3) is 0.364. The van der Waals surface area contributed by atoms with Crippen molar-refractivity contribution in [2.24, 2.45) is 0 Å². The second kappa shape index (κ2) is 8.86. The van der Waals surface area contributed by atoms with Gasteiger partial charge in [-0.3, -0.25) is 4.79 Å². The number of urea groups is 1. The molecule has 7 heteroatoms. The van der Waals surface area contributed by atoms with Crippen LogP contribution in [0.1, 0.15) is 31.7 Å². The van der Waals surface area contributed by atoms with Crippen LogP contribution in [0.4, 0.5) is 16.2 Å². The van der Waals surface area contributed by atoms with Crippen LogP contribution in [-0.4, -0.2) is 38.7 Å². The van der Waals surface area contributed by atoms with Gasteiger partial charge in [0.2, 0.25) is 5.91 Å². The molecule has 1 aliphatic heterocycles. The Kier molecular flexibility index (Phi) is 6.26. The van der Waals surface area contributed by atoms with Gasteiger partial charge in [0.1, 0.15) is 0 Å². The van der Waals surface area contributed by atoms with E-state index in [0.717, 1.165) is 0 Å². The molecule has 0 aromatic heterocycles. The van der Waals surface area contributed by atoms with E-state index in [-0.39, 0.29) is 24.4 Å². The minimum atomic E-state index is -0.325. The van der Waals surface area contributed by atoms with Gasteiger partial charge in [0.05, 0.1) is 20.3 Å². The molecule has 1 aliphatic rings. The summed E-state index contributed by atoms with van der Waals surface area (Å²) in [4.78, 5) is 26.4. The molecule has 1 heterocycles. The van der Waals surface area contributed by atoms with Gasteiger partial charge in [0, 0.05) is 30.4 Å². The van der Waals surface area contributed by atoms with Crippen LogP contribution >= 0.6 is 0 Å². The Hall–Kier alpha value is -3.22. The van der Waals surface area contributed by atoms with E-state index in [1.165, 1.54) is 5.56 Å². The smallest absolute Gasteiger partial charge is 0.319 e. The highest BCUT2D eigenvalue weighted by molar-refractivity contribution is 5.98.